The molecule has 2 aromatic heterocycles. The molecule has 2 aromatic carbocycles. The second-order valence-corrected chi connectivity index (χ2v) is 13.2. The number of thiophene rings is 2. The van der Waals surface area contributed by atoms with Gasteiger partial charge in [0.05, 0.1) is 53.5 Å². The van der Waals surface area contributed by atoms with Crippen LogP contribution in [0.5, 0.6) is 23.0 Å². The summed E-state index contributed by atoms with van der Waals surface area (Å²) in [4.78, 5) is 48.2. The van der Waals surface area contributed by atoms with E-state index in [2.05, 4.69) is 15.9 Å². The maximum atomic E-state index is 15.5. The van der Waals surface area contributed by atoms with Gasteiger partial charge in [-0.1, -0.05) is 13.8 Å². The first-order chi connectivity index (χ1) is 21.4. The van der Waals surface area contributed by atoms with E-state index in [1.54, 1.807) is 18.2 Å². The minimum absolute atomic E-state index is 0.0614. The number of ketones is 2. The summed E-state index contributed by atoms with van der Waals surface area (Å²) in [5, 5.41) is 19.1. The van der Waals surface area contributed by atoms with Crippen LogP contribution >= 0.6 is 38.6 Å². The monoisotopic (exact) mass is 724 g/mol. The first-order valence-corrected chi connectivity index (χ1v) is 16.2. The molecule has 10 nitrogen and oxygen atoms in total. The highest BCUT2D eigenvalue weighted by Gasteiger charge is 2.24. The van der Waals surface area contributed by atoms with Crippen molar-refractivity contribution in [2.75, 3.05) is 27.4 Å². The normalized spacial score (nSPS) is 12.6. The average molecular weight is 726 g/mol. The minimum Gasteiger partial charge on any atom is -0.493 e. The van der Waals surface area contributed by atoms with Gasteiger partial charge in [-0.3, -0.25) is 19.2 Å². The lowest BCUT2D eigenvalue weighted by molar-refractivity contribution is -0.141. The van der Waals surface area contributed by atoms with Crippen LogP contribution in [0.2, 0.25) is 0 Å². The average Bonchev–Trinajstić information content (AvgIpc) is 3.63. The number of ether oxygens (including phenoxy) is 4. The van der Waals surface area contributed by atoms with E-state index in [-0.39, 0.29) is 59.4 Å². The molecule has 4 rings (SSSR count). The Kier molecular flexibility index (Phi) is 11.0. The lowest BCUT2D eigenvalue weighted by Gasteiger charge is -2.15. The summed E-state index contributed by atoms with van der Waals surface area (Å²) in [6, 6.07) is 6.41. The molecule has 2 atom stereocenters. The zero-order valence-electron chi connectivity index (χ0n) is 24.7. The van der Waals surface area contributed by atoms with E-state index in [1.807, 2.05) is 0 Å². The third kappa shape index (κ3) is 7.56. The Morgan fingerprint density at radius 2 is 1.22 bits per heavy atom. The van der Waals surface area contributed by atoms with E-state index in [9.17, 15) is 19.2 Å². The fraction of sp³-hybridized carbons (Fsp3) is 0.355. The van der Waals surface area contributed by atoms with E-state index in [4.69, 9.17) is 29.2 Å². The summed E-state index contributed by atoms with van der Waals surface area (Å²) in [6.07, 6.45) is 0.0291. The zero-order chi connectivity index (χ0) is 33.0. The number of aliphatic carboxylic acids is 2. The molecule has 0 radical (unpaired) electrons. The Morgan fingerprint density at radius 1 is 0.778 bits per heavy atom. The van der Waals surface area contributed by atoms with Crippen molar-refractivity contribution in [3.05, 3.63) is 44.3 Å². The molecule has 0 amide bonds. The molecule has 0 bridgehead atoms. The van der Waals surface area contributed by atoms with Crippen LogP contribution in [-0.2, 0) is 9.59 Å². The largest absolute Gasteiger partial charge is 0.493 e. The number of halogens is 2. The van der Waals surface area contributed by atoms with Crippen LogP contribution in [0.4, 0.5) is 4.39 Å². The number of hydrogen-bond donors (Lipinski definition) is 2. The van der Waals surface area contributed by atoms with Gasteiger partial charge in [0.1, 0.15) is 0 Å². The van der Waals surface area contributed by atoms with Gasteiger partial charge >= 0.3 is 11.9 Å². The van der Waals surface area contributed by atoms with E-state index < -0.39 is 29.6 Å². The van der Waals surface area contributed by atoms with Gasteiger partial charge in [-0.25, -0.2) is 4.39 Å². The standard InChI is InChI=1S/C31H30BrFO10S2/c1-14(30(36)37)8-18(34)24-10-16-22(44-24)12-20(40-3)28(26(16)32)42-6-5-7-43-29-21(41-4)13-23-17(27(29)33)11-25(45-23)19(35)9-15(2)31(38)39/h10-15H,5-9H2,1-4H3,(H,36,37)(H,38,39). The van der Waals surface area contributed by atoms with E-state index in [0.717, 1.165) is 16.0 Å². The van der Waals surface area contributed by atoms with Crippen LogP contribution in [-0.4, -0.2) is 61.2 Å². The summed E-state index contributed by atoms with van der Waals surface area (Å²) in [7, 11) is 2.86. The molecule has 0 spiro atoms. The number of carbonyl (C=O) groups excluding carboxylic acids is 2. The van der Waals surface area contributed by atoms with Gasteiger partial charge in [0.15, 0.2) is 40.4 Å². The van der Waals surface area contributed by atoms with Crippen LogP contribution in [0.25, 0.3) is 20.2 Å². The predicted octanol–water partition coefficient (Wildman–Crippen LogP) is 7.47. The van der Waals surface area contributed by atoms with E-state index in [1.165, 1.54) is 45.5 Å². The number of hydrogen-bond acceptors (Lipinski definition) is 10. The maximum absolute atomic E-state index is 15.5. The molecule has 45 heavy (non-hydrogen) atoms. The third-order valence-corrected chi connectivity index (χ3v) is 10.00. The van der Waals surface area contributed by atoms with Crippen molar-refractivity contribution in [2.45, 2.75) is 33.1 Å². The van der Waals surface area contributed by atoms with Gasteiger partial charge in [-0.05, 0) is 28.1 Å². The molecule has 2 unspecified atom stereocenters. The van der Waals surface area contributed by atoms with Crippen molar-refractivity contribution >= 4 is 82.3 Å². The Morgan fingerprint density at radius 3 is 1.71 bits per heavy atom. The van der Waals surface area contributed by atoms with E-state index >= 15 is 4.39 Å². The number of fused-ring (bicyclic) bond motifs is 2. The van der Waals surface area contributed by atoms with Gasteiger partial charge in [0.2, 0.25) is 0 Å². The summed E-state index contributed by atoms with van der Waals surface area (Å²) >= 11 is 5.84. The molecule has 0 saturated heterocycles. The Hall–Kier alpha value is -3.75. The highest BCUT2D eigenvalue weighted by molar-refractivity contribution is 9.10. The van der Waals surface area contributed by atoms with Crippen molar-refractivity contribution in [3.8, 4) is 23.0 Å². The lowest BCUT2D eigenvalue weighted by Crippen LogP contribution is -2.13. The first-order valence-electron chi connectivity index (χ1n) is 13.7. The highest BCUT2D eigenvalue weighted by Crippen LogP contribution is 2.45. The molecule has 14 heteroatoms. The van der Waals surface area contributed by atoms with E-state index in [0.29, 0.717) is 37.4 Å². The first kappa shape index (κ1) is 34.1. The number of methoxy groups -OCH3 is 2. The number of carbonyl (C=O) groups is 4. The second kappa shape index (κ2) is 14.6. The summed E-state index contributed by atoms with van der Waals surface area (Å²) < 4.78 is 39.9. The van der Waals surface area contributed by atoms with Crippen molar-refractivity contribution in [1.29, 1.82) is 0 Å². The molecule has 0 saturated carbocycles. The molecule has 2 N–H and O–H groups in total. The topological polar surface area (TPSA) is 146 Å². The van der Waals surface area contributed by atoms with Crippen molar-refractivity contribution < 1.29 is 52.7 Å². The Labute approximate surface area is 273 Å². The van der Waals surface area contributed by atoms with Crippen LogP contribution in [0.1, 0.15) is 52.5 Å². The van der Waals surface area contributed by atoms with Crippen LogP contribution < -0.4 is 18.9 Å². The fourth-order valence-electron chi connectivity index (χ4n) is 4.38. The molecule has 0 aliphatic rings. The minimum atomic E-state index is -1.08. The Balaban J connectivity index is 1.44. The van der Waals surface area contributed by atoms with Crippen molar-refractivity contribution in [1.82, 2.24) is 0 Å². The summed E-state index contributed by atoms with van der Waals surface area (Å²) in [5.41, 5.74) is 0. The SMILES string of the molecule is COc1cc2sc(C(=O)CC(C)C(=O)O)cc2c(F)c1OCCCOc1c(OC)cc2sc(C(=O)CC(C)C(=O)O)cc2c1Br. The van der Waals surface area contributed by atoms with Crippen LogP contribution in [0.15, 0.2) is 28.7 Å². The number of rotatable bonds is 16. The fourth-order valence-corrected chi connectivity index (χ4v) is 7.24. The zero-order valence-corrected chi connectivity index (χ0v) is 28.0. The molecule has 0 fully saturated rings. The highest BCUT2D eigenvalue weighted by atomic mass is 79.9. The van der Waals surface area contributed by atoms with Crippen molar-refractivity contribution in [3.63, 3.8) is 0 Å². The molecule has 4 aromatic rings. The van der Waals surface area contributed by atoms with Gasteiger partial charge < -0.3 is 29.2 Å². The van der Waals surface area contributed by atoms with Gasteiger partial charge in [-0.2, -0.15) is 0 Å². The van der Waals surface area contributed by atoms with Crippen molar-refractivity contribution in [2.24, 2.45) is 11.8 Å². The quantitative estimate of drug-likeness (QED) is 0.0881. The van der Waals surface area contributed by atoms with Gasteiger partial charge in [0, 0.05) is 51.6 Å². The summed E-state index contributed by atoms with van der Waals surface area (Å²) in [6.45, 7) is 3.15. The number of carboxylic acids is 2. The van der Waals surface area contributed by atoms with Gasteiger partial charge in [0.25, 0.3) is 0 Å². The molecule has 0 aliphatic heterocycles. The van der Waals surface area contributed by atoms with Crippen LogP contribution in [0, 0.1) is 17.7 Å². The van der Waals surface area contributed by atoms with Gasteiger partial charge in [-0.15, -0.1) is 22.7 Å². The maximum Gasteiger partial charge on any atom is 0.306 e. The predicted molar refractivity (Wildman–Crippen MR) is 172 cm³/mol. The Bertz CT molecular complexity index is 1650. The molecule has 240 valence electrons. The number of benzene rings is 2. The van der Waals surface area contributed by atoms with Crippen LogP contribution in [0.3, 0.4) is 0 Å². The number of Topliss-reactive ketones (excluding diaryl/α,β-unsaturated/α-hetero) is 2. The molecular formula is C31H30BrFO10S2. The lowest BCUT2D eigenvalue weighted by atomic mass is 10.0. The smallest absolute Gasteiger partial charge is 0.306 e. The molecule has 0 aliphatic carbocycles. The molecular weight excluding hydrogens is 695 g/mol. The molecule has 2 heterocycles. The second-order valence-electron chi connectivity index (χ2n) is 10.3. The number of carboxylic acid groups (broad SMARTS) is 2. The third-order valence-electron chi connectivity index (χ3n) is 6.96. The summed E-state index contributed by atoms with van der Waals surface area (Å²) in [5.74, 6) is -4.28.